The van der Waals surface area contributed by atoms with Gasteiger partial charge in [0.2, 0.25) is 0 Å². The summed E-state index contributed by atoms with van der Waals surface area (Å²) in [5, 5.41) is 11.0. The van der Waals surface area contributed by atoms with Crippen molar-refractivity contribution in [2.24, 2.45) is 0 Å². The van der Waals surface area contributed by atoms with Crippen molar-refractivity contribution in [1.29, 1.82) is 0 Å². The van der Waals surface area contributed by atoms with Gasteiger partial charge in [-0.2, -0.15) is 5.10 Å². The Morgan fingerprint density at radius 2 is 1.74 bits per heavy atom. The Balaban J connectivity index is 1.38. The second-order valence-electron chi connectivity index (χ2n) is 9.77. The normalized spacial score (nSPS) is 11.5. The minimum atomic E-state index is -0.455. The van der Waals surface area contributed by atoms with Gasteiger partial charge in [0, 0.05) is 34.1 Å². The molecular weight excluding hydrogens is 530 g/mol. The van der Waals surface area contributed by atoms with E-state index in [-0.39, 0.29) is 11.3 Å². The summed E-state index contributed by atoms with van der Waals surface area (Å²) in [5.41, 5.74) is 7.17. The molecule has 6 nitrogen and oxygen atoms in total. The zero-order chi connectivity index (χ0) is 29.2. The second-order valence-corrected chi connectivity index (χ2v) is 9.77. The Morgan fingerprint density at radius 1 is 0.929 bits per heavy atom. The Hall–Kier alpha value is -5.63. The number of imidazole rings is 1. The molecule has 0 spiro atoms. The molecule has 0 aliphatic heterocycles. The van der Waals surface area contributed by atoms with Crippen LogP contribution in [0, 0.1) is 18.6 Å². The van der Waals surface area contributed by atoms with Gasteiger partial charge in [0.1, 0.15) is 22.8 Å². The molecule has 3 N–H and O–H groups in total. The average molecular weight is 557 g/mol. The number of hydrogen-bond acceptors (Lipinski definition) is 4. The maximum atomic E-state index is 15.4. The smallest absolute Gasteiger partial charge is 0.159 e. The van der Waals surface area contributed by atoms with Crippen molar-refractivity contribution in [3.63, 3.8) is 0 Å². The highest BCUT2D eigenvalue weighted by atomic mass is 19.1. The topological polar surface area (TPSA) is 82.3 Å². The lowest BCUT2D eigenvalue weighted by atomic mass is 10.0. The van der Waals surface area contributed by atoms with Crippen molar-refractivity contribution in [3.8, 4) is 22.6 Å². The van der Waals surface area contributed by atoms with Gasteiger partial charge in [-0.3, -0.25) is 10.1 Å². The predicted molar refractivity (Wildman–Crippen MR) is 164 cm³/mol. The Labute approximate surface area is 241 Å². The zero-order valence-corrected chi connectivity index (χ0v) is 22.7. The third-order valence-electron chi connectivity index (χ3n) is 6.90. The van der Waals surface area contributed by atoms with Crippen LogP contribution in [0.1, 0.15) is 22.5 Å². The van der Waals surface area contributed by atoms with E-state index in [2.05, 4.69) is 38.6 Å². The number of aromatic amines is 2. The van der Waals surface area contributed by atoms with Crippen LogP contribution in [0.25, 0.3) is 44.8 Å². The summed E-state index contributed by atoms with van der Waals surface area (Å²) in [4.78, 5) is 12.4. The number of rotatable bonds is 8. The second kappa shape index (κ2) is 11.1. The molecule has 0 amide bonds. The predicted octanol–water partition coefficient (Wildman–Crippen LogP) is 8.30. The molecule has 0 unspecified atom stereocenters. The van der Waals surface area contributed by atoms with Gasteiger partial charge in [-0.15, -0.1) is 0 Å². The molecule has 3 aromatic heterocycles. The highest BCUT2D eigenvalue weighted by Gasteiger charge is 2.20. The number of benzene rings is 3. The number of aromatic nitrogens is 5. The fourth-order valence-electron chi connectivity index (χ4n) is 4.90. The first-order chi connectivity index (χ1) is 20.4. The standard InChI is InChI=1S/C34H26F2N6/c1-4-9-28(23-12-8-13-26(35)14-23)31-21(3)39-34(40-31)33-29-16-24(17-30(36)32(29)41-42-33)25-15-27(19-37-18-25)38-20(2)22-10-6-5-7-11-22/h4-19,38H,1-2H2,3H3,(H,39,40)(H,41,42)/b28-9-. The zero-order valence-electron chi connectivity index (χ0n) is 22.7. The molecule has 0 atom stereocenters. The van der Waals surface area contributed by atoms with Crippen LogP contribution in [0.15, 0.2) is 111 Å². The Kier molecular flexibility index (Phi) is 7.02. The highest BCUT2D eigenvalue weighted by molar-refractivity contribution is 5.95. The molecule has 0 radical (unpaired) electrons. The summed E-state index contributed by atoms with van der Waals surface area (Å²) in [7, 11) is 0. The van der Waals surface area contributed by atoms with Crippen LogP contribution in [-0.4, -0.2) is 25.1 Å². The summed E-state index contributed by atoms with van der Waals surface area (Å²) in [5.74, 6) is -0.358. The van der Waals surface area contributed by atoms with Crippen LogP contribution >= 0.6 is 0 Å². The van der Waals surface area contributed by atoms with Crippen LogP contribution in [0.5, 0.6) is 0 Å². The fraction of sp³-hybridized carbons (Fsp3) is 0.0294. The van der Waals surface area contributed by atoms with E-state index in [0.717, 1.165) is 22.6 Å². The molecule has 3 aromatic carbocycles. The molecule has 8 heteroatoms. The molecule has 0 aliphatic carbocycles. The number of nitrogens with one attached hydrogen (secondary N) is 3. The van der Waals surface area contributed by atoms with Gasteiger partial charge in [-0.1, -0.05) is 67.8 Å². The Bertz CT molecular complexity index is 1980. The van der Waals surface area contributed by atoms with E-state index in [1.165, 1.54) is 18.2 Å². The number of halogens is 2. The van der Waals surface area contributed by atoms with Crippen molar-refractivity contribution < 1.29 is 8.78 Å². The van der Waals surface area contributed by atoms with Crippen LogP contribution in [0.3, 0.4) is 0 Å². The van der Waals surface area contributed by atoms with E-state index < -0.39 is 5.82 Å². The number of fused-ring (bicyclic) bond motifs is 1. The van der Waals surface area contributed by atoms with Gasteiger partial charge < -0.3 is 10.3 Å². The number of H-pyrrole nitrogens is 2. The number of pyridine rings is 1. The summed E-state index contributed by atoms with van der Waals surface area (Å²) in [6, 6.07) is 21.2. The van der Waals surface area contributed by atoms with E-state index >= 15 is 4.39 Å². The molecule has 3 heterocycles. The van der Waals surface area contributed by atoms with E-state index in [0.29, 0.717) is 44.9 Å². The van der Waals surface area contributed by atoms with Gasteiger partial charge in [0.05, 0.1) is 17.6 Å². The van der Waals surface area contributed by atoms with Crippen molar-refractivity contribution in [3.05, 3.63) is 145 Å². The molecule has 42 heavy (non-hydrogen) atoms. The number of allylic oxidation sites excluding steroid dienone is 2. The number of hydrogen-bond donors (Lipinski definition) is 3. The minimum absolute atomic E-state index is 0.260. The van der Waals surface area contributed by atoms with Gasteiger partial charge in [0.15, 0.2) is 5.82 Å². The summed E-state index contributed by atoms with van der Waals surface area (Å²) >= 11 is 0. The Morgan fingerprint density at radius 3 is 2.52 bits per heavy atom. The summed E-state index contributed by atoms with van der Waals surface area (Å²) in [6.45, 7) is 9.80. The van der Waals surface area contributed by atoms with E-state index in [4.69, 9.17) is 4.98 Å². The van der Waals surface area contributed by atoms with E-state index in [9.17, 15) is 4.39 Å². The first kappa shape index (κ1) is 26.6. The number of nitrogens with zero attached hydrogens (tertiary/aromatic N) is 3. The molecular formula is C34H26F2N6. The lowest BCUT2D eigenvalue weighted by Crippen LogP contribution is -1.98. The summed E-state index contributed by atoms with van der Waals surface area (Å²) < 4.78 is 29.4. The average Bonchev–Trinajstić information content (AvgIpc) is 3.60. The van der Waals surface area contributed by atoms with Crippen LogP contribution in [-0.2, 0) is 0 Å². The lowest BCUT2D eigenvalue weighted by Gasteiger charge is -2.11. The van der Waals surface area contributed by atoms with Gasteiger partial charge in [0.25, 0.3) is 0 Å². The maximum absolute atomic E-state index is 15.4. The molecule has 6 rings (SSSR count). The molecule has 0 saturated heterocycles. The molecule has 0 fully saturated rings. The highest BCUT2D eigenvalue weighted by Crippen LogP contribution is 2.34. The van der Waals surface area contributed by atoms with Crippen LogP contribution < -0.4 is 5.32 Å². The first-order valence-corrected chi connectivity index (χ1v) is 13.2. The molecule has 0 saturated carbocycles. The van der Waals surface area contributed by atoms with Crippen molar-refractivity contribution in [1.82, 2.24) is 25.1 Å². The van der Waals surface area contributed by atoms with Crippen LogP contribution in [0.4, 0.5) is 14.5 Å². The molecule has 6 aromatic rings. The quantitative estimate of drug-likeness (QED) is 0.165. The third-order valence-corrected chi connectivity index (χ3v) is 6.90. The third kappa shape index (κ3) is 5.13. The van der Waals surface area contributed by atoms with E-state index in [1.54, 1.807) is 30.6 Å². The SMILES string of the molecule is C=C/C=C(/c1cccc(F)c1)c1nc(-c2n[nH]c3c(F)cc(-c4cncc(NC(=C)c5ccccc5)c4)cc23)[nH]c1C. The maximum Gasteiger partial charge on any atom is 0.159 e. The van der Waals surface area contributed by atoms with Crippen molar-refractivity contribution in [2.75, 3.05) is 5.32 Å². The van der Waals surface area contributed by atoms with Crippen molar-refractivity contribution in [2.45, 2.75) is 6.92 Å². The monoisotopic (exact) mass is 556 g/mol. The van der Waals surface area contributed by atoms with E-state index in [1.807, 2.05) is 55.5 Å². The lowest BCUT2D eigenvalue weighted by molar-refractivity contribution is 0.627. The van der Waals surface area contributed by atoms with Crippen molar-refractivity contribution >= 4 is 27.9 Å². The van der Waals surface area contributed by atoms with Crippen LogP contribution in [0.2, 0.25) is 0 Å². The minimum Gasteiger partial charge on any atom is -0.354 e. The van der Waals surface area contributed by atoms with Gasteiger partial charge in [-0.05, 0) is 53.9 Å². The number of aryl methyl sites for hydroxylation is 1. The van der Waals surface area contributed by atoms with Gasteiger partial charge in [-0.25, -0.2) is 13.8 Å². The first-order valence-electron chi connectivity index (χ1n) is 13.2. The summed E-state index contributed by atoms with van der Waals surface area (Å²) in [6.07, 6.45) is 6.78. The molecule has 206 valence electrons. The fourth-order valence-corrected chi connectivity index (χ4v) is 4.90. The largest absolute Gasteiger partial charge is 0.354 e. The molecule has 0 bridgehead atoms. The van der Waals surface area contributed by atoms with Gasteiger partial charge >= 0.3 is 0 Å². The molecule has 0 aliphatic rings. The number of anilines is 1.